The Hall–Kier alpha value is -1.48. The largest absolute Gasteiger partial charge is 0.394 e. The fourth-order valence-corrected chi connectivity index (χ4v) is 3.41. The Morgan fingerprint density at radius 3 is 2.50 bits per heavy atom. The van der Waals surface area contributed by atoms with Crippen molar-refractivity contribution in [1.29, 1.82) is 0 Å². The number of nitrogens with one attached hydrogen (secondary N) is 1. The zero-order chi connectivity index (χ0) is 20.4. The summed E-state index contributed by atoms with van der Waals surface area (Å²) in [7, 11) is 0. The van der Waals surface area contributed by atoms with Gasteiger partial charge in [-0.3, -0.25) is 14.3 Å². The van der Waals surface area contributed by atoms with Gasteiger partial charge in [0.1, 0.15) is 12.3 Å². The number of nitrogens with zero attached hydrogens (tertiary/aromatic N) is 1. The van der Waals surface area contributed by atoms with E-state index >= 15 is 0 Å². The molecule has 8 heteroatoms. The van der Waals surface area contributed by atoms with Gasteiger partial charge >= 0.3 is 5.69 Å². The molecule has 0 aromatic carbocycles. The van der Waals surface area contributed by atoms with E-state index in [4.69, 9.17) is 9.47 Å². The Kier molecular flexibility index (Phi) is 9.91. The summed E-state index contributed by atoms with van der Waals surface area (Å²) in [5.41, 5.74) is -0.744. The summed E-state index contributed by atoms with van der Waals surface area (Å²) in [4.78, 5) is 26.3. The van der Waals surface area contributed by atoms with Crippen molar-refractivity contribution in [2.45, 2.75) is 89.8 Å². The van der Waals surface area contributed by atoms with Gasteiger partial charge in [0.15, 0.2) is 0 Å². The van der Waals surface area contributed by atoms with Crippen molar-refractivity contribution in [2.24, 2.45) is 0 Å². The second kappa shape index (κ2) is 12.2. The zero-order valence-corrected chi connectivity index (χ0v) is 16.8. The molecule has 0 bridgehead atoms. The first-order valence-corrected chi connectivity index (χ1v) is 10.4. The highest BCUT2D eigenvalue weighted by molar-refractivity contribution is 5.04. The third-order valence-electron chi connectivity index (χ3n) is 5.14. The lowest BCUT2D eigenvalue weighted by atomic mass is 10.1. The van der Waals surface area contributed by atoms with E-state index in [0.717, 1.165) is 12.8 Å². The molecule has 0 amide bonds. The molecule has 1 fully saturated rings. The fourth-order valence-electron chi connectivity index (χ4n) is 3.41. The molecule has 1 aliphatic heterocycles. The lowest BCUT2D eigenvalue weighted by molar-refractivity contribution is -0.0461. The van der Waals surface area contributed by atoms with Crippen LogP contribution in [0.25, 0.3) is 0 Å². The van der Waals surface area contributed by atoms with Gasteiger partial charge in [-0.15, -0.1) is 0 Å². The summed E-state index contributed by atoms with van der Waals surface area (Å²) >= 11 is 0. The SMILES string of the molecule is CCCCCCCCCCOCc1cn([C@H]2C[C@H](O)[C@@H](CO)O2)c(=O)[nH]c1=O. The highest BCUT2D eigenvalue weighted by Crippen LogP contribution is 2.27. The average Bonchev–Trinajstić information content (AvgIpc) is 3.05. The highest BCUT2D eigenvalue weighted by Gasteiger charge is 2.35. The quantitative estimate of drug-likeness (QED) is 0.437. The number of aromatic nitrogens is 2. The lowest BCUT2D eigenvalue weighted by Gasteiger charge is -2.15. The first-order valence-electron chi connectivity index (χ1n) is 10.4. The summed E-state index contributed by atoms with van der Waals surface area (Å²) in [5, 5.41) is 19.0. The molecule has 160 valence electrons. The van der Waals surface area contributed by atoms with Gasteiger partial charge in [0.2, 0.25) is 0 Å². The fraction of sp³-hybridized carbons (Fsp3) is 0.800. The summed E-state index contributed by atoms with van der Waals surface area (Å²) in [6.07, 6.45) is 8.98. The van der Waals surface area contributed by atoms with E-state index in [9.17, 15) is 19.8 Å². The smallest absolute Gasteiger partial charge is 0.330 e. The molecule has 8 nitrogen and oxygen atoms in total. The van der Waals surface area contributed by atoms with Gasteiger partial charge in [-0.05, 0) is 6.42 Å². The second-order valence-electron chi connectivity index (χ2n) is 7.46. The van der Waals surface area contributed by atoms with Gasteiger partial charge < -0.3 is 19.7 Å². The van der Waals surface area contributed by atoms with Gasteiger partial charge in [-0.25, -0.2) is 4.79 Å². The van der Waals surface area contributed by atoms with Crippen molar-refractivity contribution >= 4 is 0 Å². The molecule has 0 unspecified atom stereocenters. The molecule has 28 heavy (non-hydrogen) atoms. The third-order valence-corrected chi connectivity index (χ3v) is 5.14. The molecule has 1 aromatic rings. The number of H-pyrrole nitrogens is 1. The average molecular weight is 399 g/mol. The third kappa shape index (κ3) is 6.84. The summed E-state index contributed by atoms with van der Waals surface area (Å²) in [5.74, 6) is 0. The van der Waals surface area contributed by atoms with Crippen LogP contribution in [0.5, 0.6) is 0 Å². The predicted molar refractivity (Wildman–Crippen MR) is 105 cm³/mol. The Morgan fingerprint density at radius 1 is 1.18 bits per heavy atom. The molecule has 0 spiro atoms. The normalized spacial score (nSPS) is 22.0. The van der Waals surface area contributed by atoms with Gasteiger partial charge in [-0.2, -0.15) is 0 Å². The van der Waals surface area contributed by atoms with Gasteiger partial charge in [-0.1, -0.05) is 51.9 Å². The maximum absolute atomic E-state index is 12.1. The molecule has 0 saturated carbocycles. The molecule has 2 heterocycles. The summed E-state index contributed by atoms with van der Waals surface area (Å²) < 4.78 is 12.3. The Bertz CT molecular complexity index is 686. The van der Waals surface area contributed by atoms with Crippen molar-refractivity contribution in [3.8, 4) is 0 Å². The second-order valence-corrected chi connectivity index (χ2v) is 7.46. The Morgan fingerprint density at radius 2 is 1.86 bits per heavy atom. The maximum atomic E-state index is 12.1. The number of aliphatic hydroxyl groups is 2. The topological polar surface area (TPSA) is 114 Å². The maximum Gasteiger partial charge on any atom is 0.330 e. The van der Waals surface area contributed by atoms with Crippen LogP contribution in [0.2, 0.25) is 0 Å². The molecule has 2 rings (SSSR count). The van der Waals surface area contributed by atoms with E-state index < -0.39 is 29.7 Å². The Labute approximate surface area is 165 Å². The minimum Gasteiger partial charge on any atom is -0.394 e. The van der Waals surface area contributed by atoms with Crippen molar-refractivity contribution in [3.05, 3.63) is 32.6 Å². The number of ether oxygens (including phenoxy) is 2. The van der Waals surface area contributed by atoms with E-state index in [-0.39, 0.29) is 19.6 Å². The molecule has 1 aliphatic rings. The van der Waals surface area contributed by atoms with Gasteiger partial charge in [0.25, 0.3) is 5.56 Å². The van der Waals surface area contributed by atoms with Crippen LogP contribution in [0.3, 0.4) is 0 Å². The summed E-state index contributed by atoms with van der Waals surface area (Å²) in [6.45, 7) is 2.57. The molecule has 3 atom stereocenters. The van der Waals surface area contributed by atoms with Gasteiger partial charge in [0.05, 0.1) is 24.9 Å². The molecule has 1 saturated heterocycles. The van der Waals surface area contributed by atoms with Crippen LogP contribution in [0.4, 0.5) is 0 Å². The standard InChI is InChI=1S/C20H34N2O6/c1-2-3-4-5-6-7-8-9-10-27-14-15-12-22(20(26)21-19(15)25)18-11-16(24)17(13-23)28-18/h12,16-18,23-24H,2-11,13-14H2,1H3,(H,21,25,26)/t16-,17+,18+/m0/s1. The number of aliphatic hydroxyl groups excluding tert-OH is 2. The van der Waals surface area contributed by atoms with Crippen LogP contribution in [-0.4, -0.2) is 45.2 Å². The number of aromatic amines is 1. The van der Waals surface area contributed by atoms with Crippen molar-refractivity contribution in [3.63, 3.8) is 0 Å². The molecular weight excluding hydrogens is 364 g/mol. The number of rotatable bonds is 13. The minimum absolute atomic E-state index is 0.116. The van der Waals surface area contributed by atoms with E-state index in [1.54, 1.807) is 0 Å². The van der Waals surface area contributed by atoms with Crippen molar-refractivity contribution in [1.82, 2.24) is 9.55 Å². The van der Waals surface area contributed by atoms with E-state index in [1.807, 2.05) is 0 Å². The number of hydrogen-bond acceptors (Lipinski definition) is 6. The monoisotopic (exact) mass is 398 g/mol. The van der Waals surface area contributed by atoms with Crippen molar-refractivity contribution in [2.75, 3.05) is 13.2 Å². The molecular formula is C20H34N2O6. The molecule has 0 aliphatic carbocycles. The van der Waals surface area contributed by atoms with Crippen LogP contribution in [-0.2, 0) is 16.1 Å². The lowest BCUT2D eigenvalue weighted by Crippen LogP contribution is -2.34. The minimum atomic E-state index is -0.851. The van der Waals surface area contributed by atoms with Crippen LogP contribution in [0, 0.1) is 0 Å². The van der Waals surface area contributed by atoms with Gasteiger partial charge in [0, 0.05) is 19.2 Å². The Balaban J connectivity index is 1.77. The number of hydrogen-bond donors (Lipinski definition) is 3. The highest BCUT2D eigenvalue weighted by atomic mass is 16.5. The zero-order valence-electron chi connectivity index (χ0n) is 16.8. The van der Waals surface area contributed by atoms with Crippen LogP contribution in [0.1, 0.15) is 76.5 Å². The van der Waals surface area contributed by atoms with E-state index in [2.05, 4.69) is 11.9 Å². The van der Waals surface area contributed by atoms with Crippen LogP contribution < -0.4 is 11.2 Å². The predicted octanol–water partition coefficient (Wildman–Crippen LogP) is 1.83. The number of unbranched alkanes of at least 4 members (excludes halogenated alkanes) is 7. The van der Waals surface area contributed by atoms with Crippen LogP contribution >= 0.6 is 0 Å². The van der Waals surface area contributed by atoms with E-state index in [0.29, 0.717) is 12.2 Å². The molecule has 1 aromatic heterocycles. The molecule has 3 N–H and O–H groups in total. The molecule has 0 radical (unpaired) electrons. The van der Waals surface area contributed by atoms with Crippen molar-refractivity contribution < 1.29 is 19.7 Å². The van der Waals surface area contributed by atoms with Crippen LogP contribution in [0.15, 0.2) is 15.8 Å². The first-order chi connectivity index (χ1) is 13.6. The summed E-state index contributed by atoms with van der Waals surface area (Å²) in [6, 6.07) is 0. The van der Waals surface area contributed by atoms with E-state index in [1.165, 1.54) is 49.3 Å². The first kappa shape index (κ1) is 22.8.